The number of rotatable bonds is 2. The van der Waals surface area contributed by atoms with Gasteiger partial charge in [-0.2, -0.15) is 10.1 Å². The molecule has 0 unspecified atom stereocenters. The molecular weight excluding hydrogens is 200 g/mol. The zero-order valence-electron chi connectivity index (χ0n) is 7.89. The van der Waals surface area contributed by atoms with E-state index >= 15 is 0 Å². The number of carboxylic acids is 1. The van der Waals surface area contributed by atoms with Crippen LogP contribution in [0.2, 0.25) is 0 Å². The van der Waals surface area contributed by atoms with Gasteiger partial charge in [-0.05, 0) is 6.92 Å². The molecule has 15 heavy (non-hydrogen) atoms. The molecular formula is C8H8N4O3. The second kappa shape index (κ2) is 3.19. The number of hydrogen-bond acceptors (Lipinski definition) is 4. The summed E-state index contributed by atoms with van der Waals surface area (Å²) in [6.45, 7) is 1.63. The van der Waals surface area contributed by atoms with Gasteiger partial charge in [-0.3, -0.25) is 14.6 Å². The summed E-state index contributed by atoms with van der Waals surface area (Å²) in [6.07, 6.45) is 0.972. The van der Waals surface area contributed by atoms with E-state index < -0.39 is 11.5 Å². The quantitative estimate of drug-likeness (QED) is 0.683. The second-order valence-electron chi connectivity index (χ2n) is 3.08. The first-order chi connectivity index (χ1) is 7.09. The van der Waals surface area contributed by atoms with Gasteiger partial charge in [0.25, 0.3) is 5.56 Å². The number of hydrogen-bond donors (Lipinski definition) is 2. The fourth-order valence-corrected chi connectivity index (χ4v) is 1.40. The van der Waals surface area contributed by atoms with Gasteiger partial charge in [0.05, 0.1) is 12.1 Å². The van der Waals surface area contributed by atoms with Crippen LogP contribution in [0.1, 0.15) is 11.3 Å². The van der Waals surface area contributed by atoms with E-state index in [-0.39, 0.29) is 12.0 Å². The van der Waals surface area contributed by atoms with Crippen LogP contribution < -0.4 is 5.56 Å². The Labute approximate surface area is 83.4 Å². The van der Waals surface area contributed by atoms with Crippen molar-refractivity contribution in [2.45, 2.75) is 13.3 Å². The minimum absolute atomic E-state index is 0.195. The summed E-state index contributed by atoms with van der Waals surface area (Å²) in [5.41, 5.74) is 0.254. The Hall–Kier alpha value is -2.18. The van der Waals surface area contributed by atoms with Crippen LogP contribution in [0.4, 0.5) is 0 Å². The Morgan fingerprint density at radius 2 is 2.40 bits per heavy atom. The molecule has 0 aliphatic carbocycles. The van der Waals surface area contributed by atoms with Crippen molar-refractivity contribution in [3.8, 4) is 0 Å². The molecule has 0 aliphatic heterocycles. The Morgan fingerprint density at radius 3 is 3.07 bits per heavy atom. The van der Waals surface area contributed by atoms with Crippen molar-refractivity contribution in [2.75, 3.05) is 0 Å². The molecule has 7 nitrogen and oxygen atoms in total. The fourth-order valence-electron chi connectivity index (χ4n) is 1.40. The average molecular weight is 208 g/mol. The molecule has 0 bridgehead atoms. The zero-order valence-corrected chi connectivity index (χ0v) is 7.89. The minimum Gasteiger partial charge on any atom is -0.481 e. The van der Waals surface area contributed by atoms with E-state index in [4.69, 9.17) is 5.11 Å². The number of H-pyrrole nitrogens is 1. The summed E-state index contributed by atoms with van der Waals surface area (Å²) in [5, 5.41) is 12.5. The molecule has 0 spiro atoms. The molecule has 7 heteroatoms. The molecule has 2 rings (SSSR count). The van der Waals surface area contributed by atoms with Gasteiger partial charge < -0.3 is 5.11 Å². The Kier molecular flexibility index (Phi) is 2.00. The lowest BCUT2D eigenvalue weighted by Crippen LogP contribution is -2.21. The molecule has 2 aromatic rings. The normalized spacial score (nSPS) is 10.7. The van der Waals surface area contributed by atoms with Crippen LogP contribution >= 0.6 is 0 Å². The molecule has 0 saturated carbocycles. The van der Waals surface area contributed by atoms with E-state index in [2.05, 4.69) is 15.1 Å². The highest BCUT2D eigenvalue weighted by Gasteiger charge is 2.13. The van der Waals surface area contributed by atoms with Gasteiger partial charge in [0, 0.05) is 5.56 Å². The number of aliphatic carboxylic acids is 1. The number of aryl methyl sites for hydroxylation is 1. The van der Waals surface area contributed by atoms with Crippen LogP contribution in [0.15, 0.2) is 11.1 Å². The maximum absolute atomic E-state index is 11.5. The highest BCUT2D eigenvalue weighted by molar-refractivity contribution is 5.70. The summed E-state index contributed by atoms with van der Waals surface area (Å²) in [5.74, 6) is -0.741. The third-order valence-corrected chi connectivity index (χ3v) is 2.13. The van der Waals surface area contributed by atoms with Crippen molar-refractivity contribution in [1.29, 1.82) is 0 Å². The first-order valence-electron chi connectivity index (χ1n) is 4.23. The molecule has 2 aromatic heterocycles. The predicted octanol–water partition coefficient (Wildman–Crippen LogP) is -0.647. The lowest BCUT2D eigenvalue weighted by atomic mass is 10.2. The Morgan fingerprint density at radius 1 is 1.67 bits per heavy atom. The van der Waals surface area contributed by atoms with E-state index in [1.807, 2.05) is 0 Å². The minimum atomic E-state index is -1.05. The van der Waals surface area contributed by atoms with Crippen LogP contribution in [0, 0.1) is 6.92 Å². The number of aromatic nitrogens is 4. The van der Waals surface area contributed by atoms with Crippen molar-refractivity contribution in [2.24, 2.45) is 0 Å². The summed E-state index contributed by atoms with van der Waals surface area (Å²) < 4.78 is 1.40. The van der Waals surface area contributed by atoms with Crippen molar-refractivity contribution in [3.05, 3.63) is 27.9 Å². The lowest BCUT2D eigenvalue weighted by Gasteiger charge is -2.03. The van der Waals surface area contributed by atoms with Crippen molar-refractivity contribution in [1.82, 2.24) is 19.6 Å². The van der Waals surface area contributed by atoms with Crippen LogP contribution in [0.5, 0.6) is 0 Å². The fraction of sp³-hybridized carbons (Fsp3) is 0.250. The van der Waals surface area contributed by atoms with Gasteiger partial charge in [0.1, 0.15) is 6.33 Å². The third kappa shape index (κ3) is 1.47. The molecule has 0 radical (unpaired) electrons. The van der Waals surface area contributed by atoms with Gasteiger partial charge in [-0.1, -0.05) is 0 Å². The van der Waals surface area contributed by atoms with E-state index in [1.54, 1.807) is 6.92 Å². The van der Waals surface area contributed by atoms with Gasteiger partial charge in [0.2, 0.25) is 5.78 Å². The van der Waals surface area contributed by atoms with Crippen molar-refractivity contribution >= 4 is 11.7 Å². The topological polar surface area (TPSA) is 100 Å². The first kappa shape index (κ1) is 9.38. The summed E-state index contributed by atoms with van der Waals surface area (Å²) in [6, 6.07) is 0. The lowest BCUT2D eigenvalue weighted by molar-refractivity contribution is -0.136. The number of carbonyl (C=O) groups is 1. The van der Waals surface area contributed by atoms with Gasteiger partial charge in [-0.15, -0.1) is 0 Å². The van der Waals surface area contributed by atoms with Crippen LogP contribution in [-0.4, -0.2) is 30.7 Å². The van der Waals surface area contributed by atoms with Crippen LogP contribution in [0.3, 0.4) is 0 Å². The number of fused-ring (bicyclic) bond motifs is 1. The molecule has 0 fully saturated rings. The van der Waals surface area contributed by atoms with Gasteiger partial charge in [0.15, 0.2) is 0 Å². The van der Waals surface area contributed by atoms with E-state index in [9.17, 15) is 9.59 Å². The highest BCUT2D eigenvalue weighted by Crippen LogP contribution is 2.03. The molecule has 0 aromatic carbocycles. The van der Waals surface area contributed by atoms with Gasteiger partial charge >= 0.3 is 5.97 Å². The largest absolute Gasteiger partial charge is 0.481 e. The standard InChI is InChI=1S/C8H8N4O3/c1-4-5(2-6(13)14)7(15)11-8-9-3-10-12(4)8/h3H,2H2,1H3,(H,13,14)(H,9,10,11,15). The van der Waals surface area contributed by atoms with E-state index in [1.165, 1.54) is 10.8 Å². The number of nitrogens with zero attached hydrogens (tertiary/aromatic N) is 3. The molecule has 0 amide bonds. The molecule has 0 saturated heterocycles. The monoisotopic (exact) mass is 208 g/mol. The van der Waals surface area contributed by atoms with Crippen molar-refractivity contribution in [3.63, 3.8) is 0 Å². The maximum Gasteiger partial charge on any atom is 0.308 e. The number of carboxylic acid groups (broad SMARTS) is 1. The summed E-state index contributed by atoms with van der Waals surface area (Å²) >= 11 is 0. The van der Waals surface area contributed by atoms with Gasteiger partial charge in [-0.25, -0.2) is 4.52 Å². The number of aromatic amines is 1. The Balaban J connectivity index is 2.72. The SMILES string of the molecule is Cc1c(CC(=O)O)c(=O)[nH]c2ncnn12. The molecule has 0 aliphatic rings. The first-order valence-corrected chi connectivity index (χ1v) is 4.23. The smallest absolute Gasteiger partial charge is 0.308 e. The zero-order chi connectivity index (χ0) is 11.0. The van der Waals surface area contributed by atoms with E-state index in [0.717, 1.165) is 0 Å². The predicted molar refractivity (Wildman–Crippen MR) is 49.7 cm³/mol. The average Bonchev–Trinajstić information content (AvgIpc) is 2.59. The molecule has 2 N–H and O–H groups in total. The van der Waals surface area contributed by atoms with Crippen LogP contribution in [0.25, 0.3) is 5.78 Å². The third-order valence-electron chi connectivity index (χ3n) is 2.13. The Bertz CT molecular complexity index is 583. The molecule has 0 atom stereocenters. The maximum atomic E-state index is 11.5. The molecule has 2 heterocycles. The van der Waals surface area contributed by atoms with Crippen molar-refractivity contribution < 1.29 is 9.90 Å². The van der Waals surface area contributed by atoms with Crippen LogP contribution in [-0.2, 0) is 11.2 Å². The molecule has 78 valence electrons. The van der Waals surface area contributed by atoms with E-state index in [0.29, 0.717) is 11.5 Å². The summed E-state index contributed by atoms with van der Waals surface area (Å²) in [4.78, 5) is 28.3. The second-order valence-corrected chi connectivity index (χ2v) is 3.08. The summed E-state index contributed by atoms with van der Waals surface area (Å²) in [7, 11) is 0. The number of nitrogens with one attached hydrogen (secondary N) is 1. The highest BCUT2D eigenvalue weighted by atomic mass is 16.4.